The monoisotopic (exact) mass is 323 g/mol. The highest BCUT2D eigenvalue weighted by Gasteiger charge is 2.15. The number of halogens is 2. The second-order valence-corrected chi connectivity index (χ2v) is 4.68. The normalized spacial score (nSPS) is 10.3. The molecule has 2 N–H and O–H groups in total. The molecule has 0 aliphatic carbocycles. The fraction of sp³-hybridized carbons (Fsp3) is 0.0714. The number of anilines is 1. The molecule has 5 heteroatoms. The van der Waals surface area contributed by atoms with E-state index in [9.17, 15) is 9.18 Å². The van der Waals surface area contributed by atoms with Crippen molar-refractivity contribution in [2.45, 2.75) is 0 Å². The zero-order valence-corrected chi connectivity index (χ0v) is 11.7. The first kappa shape index (κ1) is 13.5. The van der Waals surface area contributed by atoms with Gasteiger partial charge >= 0.3 is 0 Å². The van der Waals surface area contributed by atoms with Gasteiger partial charge in [0.15, 0.2) is 17.3 Å². The number of ketones is 1. The molecule has 3 nitrogen and oxygen atoms in total. The molecule has 0 unspecified atom stereocenters. The van der Waals surface area contributed by atoms with Crippen molar-refractivity contribution in [3.05, 3.63) is 57.8 Å². The predicted molar refractivity (Wildman–Crippen MR) is 74.9 cm³/mol. The molecule has 0 fully saturated rings. The Bertz CT molecular complexity index is 643. The van der Waals surface area contributed by atoms with Crippen molar-refractivity contribution in [3.63, 3.8) is 0 Å². The van der Waals surface area contributed by atoms with Crippen molar-refractivity contribution in [2.75, 3.05) is 12.8 Å². The summed E-state index contributed by atoms with van der Waals surface area (Å²) < 4.78 is 18.9. The van der Waals surface area contributed by atoms with Crippen LogP contribution in [-0.2, 0) is 0 Å². The molecule has 2 rings (SSSR count). The first-order valence-corrected chi connectivity index (χ1v) is 6.26. The summed E-state index contributed by atoms with van der Waals surface area (Å²) in [5.41, 5.74) is 6.81. The number of hydrogen-bond acceptors (Lipinski definition) is 3. The Balaban J connectivity index is 2.44. The number of benzene rings is 2. The Hall–Kier alpha value is -1.88. The predicted octanol–water partition coefficient (Wildman–Crippen LogP) is 3.41. The van der Waals surface area contributed by atoms with Crippen LogP contribution in [-0.4, -0.2) is 12.9 Å². The number of methoxy groups -OCH3 is 1. The van der Waals surface area contributed by atoms with Crippen LogP contribution in [0.25, 0.3) is 0 Å². The van der Waals surface area contributed by atoms with Gasteiger partial charge in [0.25, 0.3) is 0 Å². The molecule has 2 aromatic rings. The first-order chi connectivity index (χ1) is 9.04. The molecule has 19 heavy (non-hydrogen) atoms. The third-order valence-electron chi connectivity index (χ3n) is 2.69. The summed E-state index contributed by atoms with van der Waals surface area (Å²) in [7, 11) is 1.37. The van der Waals surface area contributed by atoms with Crippen molar-refractivity contribution in [1.29, 1.82) is 0 Å². The van der Waals surface area contributed by atoms with Crippen LogP contribution in [0, 0.1) is 5.82 Å². The van der Waals surface area contributed by atoms with Crippen molar-refractivity contribution in [2.24, 2.45) is 0 Å². The van der Waals surface area contributed by atoms with E-state index in [1.807, 2.05) is 0 Å². The smallest absolute Gasteiger partial charge is 0.194 e. The van der Waals surface area contributed by atoms with Crippen LogP contribution in [0.5, 0.6) is 5.75 Å². The number of nitrogens with two attached hydrogens (primary N) is 1. The molecule has 0 aliphatic heterocycles. The molecule has 0 bridgehead atoms. The molecule has 0 radical (unpaired) electrons. The molecule has 98 valence electrons. The van der Waals surface area contributed by atoms with Gasteiger partial charge in [0, 0.05) is 16.8 Å². The quantitative estimate of drug-likeness (QED) is 0.695. The zero-order chi connectivity index (χ0) is 14.0. The molecule has 0 heterocycles. The second-order valence-electron chi connectivity index (χ2n) is 3.89. The summed E-state index contributed by atoms with van der Waals surface area (Å²) in [6, 6.07) is 9.06. The first-order valence-electron chi connectivity index (χ1n) is 5.47. The van der Waals surface area contributed by atoms with Gasteiger partial charge in [-0.25, -0.2) is 4.39 Å². The van der Waals surface area contributed by atoms with Crippen LogP contribution in [0.2, 0.25) is 0 Å². The van der Waals surface area contributed by atoms with Crippen molar-refractivity contribution in [1.82, 2.24) is 0 Å². The third kappa shape index (κ3) is 2.61. The number of nitrogen functional groups attached to an aromatic ring is 1. The Labute approximate surface area is 118 Å². The minimum Gasteiger partial charge on any atom is -0.494 e. The topological polar surface area (TPSA) is 52.3 Å². The minimum absolute atomic E-state index is 0.100. The number of carbonyl (C=O) groups is 1. The summed E-state index contributed by atoms with van der Waals surface area (Å²) in [4.78, 5) is 12.3. The summed E-state index contributed by atoms with van der Waals surface area (Å²) >= 11 is 3.26. The maximum Gasteiger partial charge on any atom is 0.194 e. The average Bonchev–Trinajstić information content (AvgIpc) is 2.41. The van der Waals surface area contributed by atoms with E-state index in [0.717, 1.165) is 6.07 Å². The molecule has 0 saturated carbocycles. The van der Waals surface area contributed by atoms with E-state index in [-0.39, 0.29) is 17.1 Å². The van der Waals surface area contributed by atoms with Gasteiger partial charge in [-0.2, -0.15) is 0 Å². The lowest BCUT2D eigenvalue weighted by Gasteiger charge is -2.07. The van der Waals surface area contributed by atoms with Crippen molar-refractivity contribution >= 4 is 27.4 Å². The Morgan fingerprint density at radius 3 is 2.68 bits per heavy atom. The lowest BCUT2D eigenvalue weighted by Crippen LogP contribution is -2.04. The fourth-order valence-corrected chi connectivity index (χ4v) is 2.13. The standard InChI is InChI=1S/C14H11BrFNO2/c1-19-12-6-5-8(7-10(12)16)14(18)9-3-2-4-11(17)13(9)15/h2-7H,17H2,1H3. The van der Waals surface area contributed by atoms with Gasteiger partial charge < -0.3 is 10.5 Å². The summed E-state index contributed by atoms with van der Waals surface area (Å²) in [5, 5.41) is 0. The van der Waals surface area contributed by atoms with Crippen molar-refractivity contribution in [3.8, 4) is 5.75 Å². The number of ether oxygens (including phenoxy) is 1. The van der Waals surface area contributed by atoms with E-state index in [2.05, 4.69) is 15.9 Å². The molecule has 0 amide bonds. The number of carbonyl (C=O) groups excluding carboxylic acids is 1. The minimum atomic E-state index is -0.576. The lowest BCUT2D eigenvalue weighted by atomic mass is 10.0. The highest BCUT2D eigenvalue weighted by molar-refractivity contribution is 9.10. The molecule has 0 saturated heterocycles. The SMILES string of the molecule is COc1ccc(C(=O)c2cccc(N)c2Br)cc1F. The molecule has 0 spiro atoms. The highest BCUT2D eigenvalue weighted by atomic mass is 79.9. The van der Waals surface area contributed by atoms with E-state index >= 15 is 0 Å². The van der Waals surface area contributed by atoms with Crippen LogP contribution in [0.1, 0.15) is 15.9 Å². The van der Waals surface area contributed by atoms with Gasteiger partial charge in [0.05, 0.1) is 11.6 Å². The molecular formula is C14H11BrFNO2. The second kappa shape index (κ2) is 5.40. The molecule has 2 aromatic carbocycles. The number of hydrogen-bond donors (Lipinski definition) is 1. The van der Waals surface area contributed by atoms with Gasteiger partial charge in [0.2, 0.25) is 0 Å². The Morgan fingerprint density at radius 1 is 1.32 bits per heavy atom. The third-order valence-corrected chi connectivity index (χ3v) is 3.57. The summed E-state index contributed by atoms with van der Waals surface area (Å²) in [6.07, 6.45) is 0. The maximum atomic E-state index is 13.6. The van der Waals surface area contributed by atoms with Gasteiger partial charge in [-0.1, -0.05) is 6.07 Å². The molecule has 0 atom stereocenters. The van der Waals surface area contributed by atoms with Crippen LogP contribution in [0.3, 0.4) is 0 Å². The molecule has 0 aromatic heterocycles. The van der Waals surface area contributed by atoms with Crippen LogP contribution >= 0.6 is 15.9 Å². The molecular weight excluding hydrogens is 313 g/mol. The van der Waals surface area contributed by atoms with Crippen LogP contribution in [0.15, 0.2) is 40.9 Å². The van der Waals surface area contributed by atoms with Crippen LogP contribution < -0.4 is 10.5 Å². The highest BCUT2D eigenvalue weighted by Crippen LogP contribution is 2.27. The Kier molecular flexibility index (Phi) is 3.85. The van der Waals surface area contributed by atoms with Crippen LogP contribution in [0.4, 0.5) is 10.1 Å². The van der Waals surface area contributed by atoms with Gasteiger partial charge in [-0.15, -0.1) is 0 Å². The maximum absolute atomic E-state index is 13.6. The number of rotatable bonds is 3. The zero-order valence-electron chi connectivity index (χ0n) is 10.1. The van der Waals surface area contributed by atoms with Crippen molar-refractivity contribution < 1.29 is 13.9 Å². The summed E-state index contributed by atoms with van der Waals surface area (Å²) in [6.45, 7) is 0. The van der Waals surface area contributed by atoms with Gasteiger partial charge in [0.1, 0.15) is 0 Å². The summed E-state index contributed by atoms with van der Waals surface area (Å²) in [5.74, 6) is -0.780. The van der Waals surface area contributed by atoms with E-state index < -0.39 is 5.82 Å². The fourth-order valence-electron chi connectivity index (χ4n) is 1.69. The van der Waals surface area contributed by atoms with E-state index in [4.69, 9.17) is 10.5 Å². The lowest BCUT2D eigenvalue weighted by molar-refractivity contribution is 0.103. The van der Waals surface area contributed by atoms with E-state index in [1.165, 1.54) is 19.2 Å². The van der Waals surface area contributed by atoms with E-state index in [1.54, 1.807) is 18.2 Å². The van der Waals surface area contributed by atoms with E-state index in [0.29, 0.717) is 15.7 Å². The largest absolute Gasteiger partial charge is 0.494 e. The average molecular weight is 324 g/mol. The van der Waals surface area contributed by atoms with Gasteiger partial charge in [-0.05, 0) is 46.3 Å². The van der Waals surface area contributed by atoms with Gasteiger partial charge in [-0.3, -0.25) is 4.79 Å². The Morgan fingerprint density at radius 2 is 2.05 bits per heavy atom. The molecule has 0 aliphatic rings.